The van der Waals surface area contributed by atoms with E-state index in [2.05, 4.69) is 32.1 Å². The van der Waals surface area contributed by atoms with Crippen molar-refractivity contribution < 1.29 is 24.1 Å². The smallest absolute Gasteiger partial charge is 0.328 e. The Morgan fingerprint density at radius 1 is 1.39 bits per heavy atom. The van der Waals surface area contributed by atoms with Crippen molar-refractivity contribution in [2.75, 3.05) is 6.61 Å². The van der Waals surface area contributed by atoms with Crippen LogP contribution in [0.1, 0.15) is 27.7 Å². The number of hydrogen-bond donors (Lipinski definition) is 1. The molecule has 6 atom stereocenters. The van der Waals surface area contributed by atoms with Gasteiger partial charge in [-0.05, 0) is 19.9 Å². The molecule has 2 saturated heterocycles. The first kappa shape index (κ1) is 16.4. The van der Waals surface area contributed by atoms with Crippen molar-refractivity contribution in [1.29, 1.82) is 0 Å². The van der Waals surface area contributed by atoms with Gasteiger partial charge >= 0.3 is 5.97 Å². The van der Waals surface area contributed by atoms with E-state index in [9.17, 15) is 4.79 Å². The quantitative estimate of drug-likeness (QED) is 0.373. The van der Waals surface area contributed by atoms with Crippen molar-refractivity contribution >= 4 is 5.97 Å². The van der Waals surface area contributed by atoms with Crippen LogP contribution in [0.15, 0.2) is 36.0 Å². The third-order valence-electron chi connectivity index (χ3n) is 5.07. The minimum atomic E-state index is -0.943. The van der Waals surface area contributed by atoms with E-state index >= 15 is 0 Å². The van der Waals surface area contributed by atoms with Crippen molar-refractivity contribution in [1.82, 2.24) is 0 Å². The number of aliphatic carboxylic acids is 1. The Hall–Kier alpha value is -1.43. The fourth-order valence-electron chi connectivity index (χ4n) is 3.55. The molecule has 0 aromatic heterocycles. The summed E-state index contributed by atoms with van der Waals surface area (Å²) in [4.78, 5) is 10.6. The Kier molecular flexibility index (Phi) is 3.99. The average Bonchev–Trinajstić information content (AvgIpc) is 3.26. The molecule has 0 amide bonds. The van der Waals surface area contributed by atoms with Gasteiger partial charge < -0.3 is 19.3 Å². The van der Waals surface area contributed by atoms with E-state index in [4.69, 9.17) is 19.3 Å². The zero-order valence-electron chi connectivity index (χ0n) is 14.0. The fraction of sp³-hybridized carbons (Fsp3) is 0.611. The highest BCUT2D eigenvalue weighted by atomic mass is 16.8. The predicted octanol–water partition coefficient (Wildman–Crippen LogP) is 2.68. The Labute approximate surface area is 136 Å². The third-order valence-corrected chi connectivity index (χ3v) is 5.07. The van der Waals surface area contributed by atoms with E-state index in [0.29, 0.717) is 6.61 Å². The molecular weight excluding hydrogens is 296 g/mol. The molecule has 0 radical (unpaired) electrons. The largest absolute Gasteiger partial charge is 0.478 e. The first-order valence-electron chi connectivity index (χ1n) is 8.05. The van der Waals surface area contributed by atoms with Gasteiger partial charge in [0.25, 0.3) is 0 Å². The van der Waals surface area contributed by atoms with Gasteiger partial charge in [0, 0.05) is 17.9 Å². The van der Waals surface area contributed by atoms with Gasteiger partial charge in [-0.1, -0.05) is 37.6 Å². The number of carbonyl (C=O) groups is 1. The summed E-state index contributed by atoms with van der Waals surface area (Å²) in [5, 5.41) is 8.72. The summed E-state index contributed by atoms with van der Waals surface area (Å²) < 4.78 is 18.1. The van der Waals surface area contributed by atoms with Crippen molar-refractivity contribution in [2.24, 2.45) is 11.8 Å². The first-order valence-corrected chi connectivity index (χ1v) is 8.05. The second-order valence-corrected chi connectivity index (χ2v) is 6.95. The zero-order chi connectivity index (χ0) is 16.8. The van der Waals surface area contributed by atoms with Crippen LogP contribution in [-0.4, -0.2) is 41.3 Å². The van der Waals surface area contributed by atoms with Crippen LogP contribution in [0.2, 0.25) is 0 Å². The SMILES string of the molecule is CC(/C=C/C(=O)O)=C\[C@@H](C)[C@H]1O[C@]2(C)O[C@H](C=C[C@@]23CO3)[C@@H]1C. The van der Waals surface area contributed by atoms with Crippen molar-refractivity contribution in [3.05, 3.63) is 36.0 Å². The van der Waals surface area contributed by atoms with E-state index in [0.717, 1.165) is 11.6 Å². The van der Waals surface area contributed by atoms with E-state index in [1.165, 1.54) is 0 Å². The van der Waals surface area contributed by atoms with Crippen molar-refractivity contribution in [3.63, 3.8) is 0 Å². The van der Waals surface area contributed by atoms with Crippen LogP contribution in [0.4, 0.5) is 0 Å². The molecule has 0 aromatic carbocycles. The van der Waals surface area contributed by atoms with Crippen LogP contribution in [0.5, 0.6) is 0 Å². The van der Waals surface area contributed by atoms with Crippen LogP contribution >= 0.6 is 0 Å². The van der Waals surface area contributed by atoms with Gasteiger partial charge in [0.1, 0.15) is 0 Å². The molecule has 0 saturated carbocycles. The fourth-order valence-corrected chi connectivity index (χ4v) is 3.55. The van der Waals surface area contributed by atoms with Crippen LogP contribution < -0.4 is 0 Å². The Morgan fingerprint density at radius 3 is 2.70 bits per heavy atom. The highest BCUT2D eigenvalue weighted by molar-refractivity contribution is 5.80. The van der Waals surface area contributed by atoms with Gasteiger partial charge in [0.05, 0.1) is 18.8 Å². The molecule has 1 spiro atoms. The molecule has 1 N–H and O–H groups in total. The predicted molar refractivity (Wildman–Crippen MR) is 84.8 cm³/mol. The third kappa shape index (κ3) is 2.89. The normalized spacial score (nSPS) is 43.8. The van der Waals surface area contributed by atoms with Gasteiger partial charge in [0.2, 0.25) is 5.79 Å². The highest BCUT2D eigenvalue weighted by Gasteiger charge is 2.65. The Bertz CT molecular complexity index is 586. The molecule has 5 heteroatoms. The van der Waals surface area contributed by atoms with E-state index in [1.807, 2.05) is 13.8 Å². The number of carboxylic acids is 1. The summed E-state index contributed by atoms with van der Waals surface area (Å²) >= 11 is 0. The van der Waals surface area contributed by atoms with E-state index in [1.54, 1.807) is 6.08 Å². The Morgan fingerprint density at radius 2 is 2.09 bits per heavy atom. The minimum absolute atomic E-state index is 0.0132. The Balaban J connectivity index is 1.79. The van der Waals surface area contributed by atoms with Crippen molar-refractivity contribution in [2.45, 2.75) is 51.3 Å². The standard InChI is InChI=1S/C18H24O5/c1-11(5-6-15(19)20)9-12(2)16-13(3)14-7-8-18(10-21-18)17(4,22-14)23-16/h5-9,12-14,16H,10H2,1-4H3,(H,19,20)/b6-5+,11-9+/t12-,13+,14-,16-,17+,18-/m1/s1. The number of hydrogen-bond acceptors (Lipinski definition) is 4. The summed E-state index contributed by atoms with van der Waals surface area (Å²) in [6.45, 7) is 8.68. The number of ether oxygens (including phenoxy) is 3. The number of epoxide rings is 1. The van der Waals surface area contributed by atoms with Gasteiger partial charge in [-0.15, -0.1) is 0 Å². The number of rotatable bonds is 4. The van der Waals surface area contributed by atoms with Gasteiger partial charge in [-0.2, -0.15) is 0 Å². The molecule has 126 valence electrons. The number of allylic oxidation sites excluding steroid dienone is 2. The lowest BCUT2D eigenvalue weighted by molar-refractivity contribution is -0.346. The maximum Gasteiger partial charge on any atom is 0.328 e. The molecule has 3 aliphatic rings. The molecule has 3 heterocycles. The molecule has 0 aromatic rings. The highest BCUT2D eigenvalue weighted by Crippen LogP contribution is 2.51. The lowest BCUT2D eigenvalue weighted by atomic mass is 9.82. The maximum absolute atomic E-state index is 10.6. The zero-order valence-corrected chi connectivity index (χ0v) is 14.0. The number of fused-ring (bicyclic) bond motifs is 3. The molecule has 3 rings (SSSR count). The van der Waals surface area contributed by atoms with Gasteiger partial charge in [-0.3, -0.25) is 0 Å². The molecular formula is C18H24O5. The molecule has 5 nitrogen and oxygen atoms in total. The summed E-state index contributed by atoms with van der Waals surface area (Å²) in [7, 11) is 0. The van der Waals surface area contributed by atoms with Gasteiger partial charge in [0.15, 0.2) is 5.60 Å². The van der Waals surface area contributed by atoms with Crippen LogP contribution in [-0.2, 0) is 19.0 Å². The van der Waals surface area contributed by atoms with Crippen LogP contribution in [0.3, 0.4) is 0 Å². The molecule has 3 aliphatic heterocycles. The lowest BCUT2D eigenvalue weighted by Gasteiger charge is -2.51. The molecule has 2 bridgehead atoms. The first-order chi connectivity index (χ1) is 10.8. The second-order valence-electron chi connectivity index (χ2n) is 6.95. The maximum atomic E-state index is 10.6. The lowest BCUT2D eigenvalue weighted by Crippen LogP contribution is -2.61. The molecule has 23 heavy (non-hydrogen) atoms. The summed E-state index contributed by atoms with van der Waals surface area (Å²) in [6, 6.07) is 0. The minimum Gasteiger partial charge on any atom is -0.478 e. The summed E-state index contributed by atoms with van der Waals surface area (Å²) in [5.74, 6) is -1.35. The molecule has 2 fully saturated rings. The van der Waals surface area contributed by atoms with E-state index < -0.39 is 17.4 Å². The van der Waals surface area contributed by atoms with Gasteiger partial charge in [-0.25, -0.2) is 4.79 Å². The van der Waals surface area contributed by atoms with Crippen LogP contribution in [0, 0.1) is 11.8 Å². The number of carboxylic acid groups (broad SMARTS) is 1. The summed E-state index contributed by atoms with van der Waals surface area (Å²) in [6.07, 6.45) is 8.97. The monoisotopic (exact) mass is 320 g/mol. The molecule has 0 aliphatic carbocycles. The molecule has 0 unspecified atom stereocenters. The van der Waals surface area contributed by atoms with Crippen LogP contribution in [0.25, 0.3) is 0 Å². The topological polar surface area (TPSA) is 68.3 Å². The average molecular weight is 320 g/mol. The second kappa shape index (κ2) is 5.58. The van der Waals surface area contributed by atoms with E-state index in [-0.39, 0.29) is 24.0 Å². The van der Waals surface area contributed by atoms with Crippen molar-refractivity contribution in [3.8, 4) is 0 Å². The summed E-state index contributed by atoms with van der Waals surface area (Å²) in [5.41, 5.74) is 0.467.